The van der Waals surface area contributed by atoms with E-state index in [9.17, 15) is 9.90 Å². The summed E-state index contributed by atoms with van der Waals surface area (Å²) in [5, 5.41) is 18.5. The lowest BCUT2D eigenvalue weighted by Gasteiger charge is -2.26. The molecule has 1 aliphatic heterocycles. The number of hydrogen-bond acceptors (Lipinski definition) is 3. The lowest BCUT2D eigenvalue weighted by atomic mass is 10.0. The smallest absolute Gasteiger partial charge is 0.275 e. The molecule has 1 aromatic heterocycles. The maximum atomic E-state index is 13.0. The standard InChI is InChI=1S/C20H21N3O2/c24-18(14-7-2-1-3-8-14)13-15-9-6-12-23(15)20(25)19-16-10-4-5-11-17(16)21-22-19/h1-5,7-8,10-11,15,18,24H,6,9,12-13H2,(H,21,22). The van der Waals surface area contributed by atoms with E-state index in [2.05, 4.69) is 10.2 Å². The van der Waals surface area contributed by atoms with Gasteiger partial charge < -0.3 is 10.0 Å². The second kappa shape index (κ2) is 6.69. The number of carbonyl (C=O) groups excluding carboxylic acids is 1. The number of rotatable bonds is 4. The fraction of sp³-hybridized carbons (Fsp3) is 0.300. The van der Waals surface area contributed by atoms with Gasteiger partial charge >= 0.3 is 0 Å². The Hall–Kier alpha value is -2.66. The van der Waals surface area contributed by atoms with Crippen molar-refractivity contribution in [2.24, 2.45) is 0 Å². The third-order valence-corrected chi connectivity index (χ3v) is 4.99. The van der Waals surface area contributed by atoms with Crippen LogP contribution in [-0.2, 0) is 0 Å². The molecule has 5 nitrogen and oxygen atoms in total. The highest BCUT2D eigenvalue weighted by molar-refractivity contribution is 6.04. The second-order valence-electron chi connectivity index (χ2n) is 6.57. The summed E-state index contributed by atoms with van der Waals surface area (Å²) >= 11 is 0. The highest BCUT2D eigenvalue weighted by Gasteiger charge is 2.32. The quantitative estimate of drug-likeness (QED) is 0.769. The SMILES string of the molecule is O=C(c1n[nH]c2ccccc12)N1CCCC1CC(O)c1ccccc1. The molecule has 2 unspecified atom stereocenters. The number of aromatic nitrogens is 2. The van der Waals surface area contributed by atoms with E-state index in [0.717, 1.165) is 29.3 Å². The number of amides is 1. The fourth-order valence-corrected chi connectivity index (χ4v) is 3.68. The Kier molecular flexibility index (Phi) is 4.24. The third kappa shape index (κ3) is 3.03. The molecule has 5 heteroatoms. The number of aliphatic hydroxyl groups excluding tert-OH is 1. The Balaban J connectivity index is 1.54. The molecule has 2 heterocycles. The lowest BCUT2D eigenvalue weighted by molar-refractivity contribution is 0.0663. The molecule has 1 saturated heterocycles. The first-order valence-electron chi connectivity index (χ1n) is 8.71. The van der Waals surface area contributed by atoms with E-state index in [1.165, 1.54) is 0 Å². The zero-order valence-electron chi connectivity index (χ0n) is 13.9. The van der Waals surface area contributed by atoms with Crippen LogP contribution in [-0.4, -0.2) is 38.7 Å². The van der Waals surface area contributed by atoms with Gasteiger partial charge in [-0.2, -0.15) is 5.10 Å². The van der Waals surface area contributed by atoms with Gasteiger partial charge in [-0.25, -0.2) is 0 Å². The summed E-state index contributed by atoms with van der Waals surface area (Å²) in [6.07, 6.45) is 1.87. The molecule has 25 heavy (non-hydrogen) atoms. The molecule has 1 amide bonds. The number of aliphatic hydroxyl groups is 1. The van der Waals surface area contributed by atoms with E-state index in [1.807, 2.05) is 59.5 Å². The van der Waals surface area contributed by atoms with Gasteiger partial charge in [-0.1, -0.05) is 48.5 Å². The lowest BCUT2D eigenvalue weighted by Crippen LogP contribution is -2.36. The Morgan fingerprint density at radius 1 is 1.20 bits per heavy atom. The van der Waals surface area contributed by atoms with Crippen molar-refractivity contribution in [3.63, 3.8) is 0 Å². The van der Waals surface area contributed by atoms with Gasteiger partial charge in [-0.15, -0.1) is 0 Å². The summed E-state index contributed by atoms with van der Waals surface area (Å²) in [7, 11) is 0. The molecule has 0 bridgehead atoms. The van der Waals surface area contributed by atoms with Crippen LogP contribution >= 0.6 is 0 Å². The number of hydrogen-bond donors (Lipinski definition) is 2. The van der Waals surface area contributed by atoms with Gasteiger partial charge in [0, 0.05) is 18.0 Å². The molecule has 2 aromatic carbocycles. The normalized spacial score (nSPS) is 18.6. The fourth-order valence-electron chi connectivity index (χ4n) is 3.68. The van der Waals surface area contributed by atoms with E-state index in [1.54, 1.807) is 0 Å². The van der Waals surface area contributed by atoms with Crippen molar-refractivity contribution >= 4 is 16.8 Å². The molecule has 2 atom stereocenters. The third-order valence-electron chi connectivity index (χ3n) is 4.99. The number of nitrogens with one attached hydrogen (secondary N) is 1. The summed E-state index contributed by atoms with van der Waals surface area (Å²) in [6.45, 7) is 0.714. The number of carbonyl (C=O) groups is 1. The minimum Gasteiger partial charge on any atom is -0.388 e. The van der Waals surface area contributed by atoms with Crippen molar-refractivity contribution in [1.82, 2.24) is 15.1 Å². The Morgan fingerprint density at radius 3 is 2.80 bits per heavy atom. The molecule has 0 saturated carbocycles. The van der Waals surface area contributed by atoms with Gasteiger partial charge in [-0.05, 0) is 30.9 Å². The van der Waals surface area contributed by atoms with Crippen LogP contribution in [0, 0.1) is 0 Å². The van der Waals surface area contributed by atoms with Gasteiger partial charge in [0.15, 0.2) is 5.69 Å². The van der Waals surface area contributed by atoms with Crippen LogP contribution in [0.3, 0.4) is 0 Å². The van der Waals surface area contributed by atoms with Gasteiger partial charge in [0.25, 0.3) is 5.91 Å². The molecule has 0 spiro atoms. The average molecular weight is 335 g/mol. The Bertz CT molecular complexity index is 875. The Labute approximate surface area is 146 Å². The van der Waals surface area contributed by atoms with Crippen LogP contribution < -0.4 is 0 Å². The van der Waals surface area contributed by atoms with Gasteiger partial charge in [0.05, 0.1) is 11.6 Å². The maximum absolute atomic E-state index is 13.0. The van der Waals surface area contributed by atoms with Gasteiger partial charge in [-0.3, -0.25) is 9.89 Å². The number of benzene rings is 2. The minimum atomic E-state index is -0.560. The highest BCUT2D eigenvalue weighted by Crippen LogP contribution is 2.29. The first-order chi connectivity index (χ1) is 12.2. The van der Waals surface area contributed by atoms with Crippen LogP contribution in [0.2, 0.25) is 0 Å². The van der Waals surface area contributed by atoms with Crippen molar-refractivity contribution in [2.75, 3.05) is 6.54 Å². The second-order valence-corrected chi connectivity index (χ2v) is 6.57. The average Bonchev–Trinajstić information content (AvgIpc) is 3.29. The van der Waals surface area contributed by atoms with Gasteiger partial charge in [0.2, 0.25) is 0 Å². The van der Waals surface area contributed by atoms with Crippen molar-refractivity contribution < 1.29 is 9.90 Å². The van der Waals surface area contributed by atoms with E-state index in [-0.39, 0.29) is 11.9 Å². The van der Waals surface area contributed by atoms with Crippen molar-refractivity contribution in [3.8, 4) is 0 Å². The molecule has 1 aliphatic rings. The zero-order chi connectivity index (χ0) is 17.2. The summed E-state index contributed by atoms with van der Waals surface area (Å²) in [4.78, 5) is 14.9. The molecular weight excluding hydrogens is 314 g/mol. The number of nitrogens with zero attached hydrogens (tertiary/aromatic N) is 2. The topological polar surface area (TPSA) is 69.2 Å². The molecule has 4 rings (SSSR count). The van der Waals surface area contributed by atoms with E-state index in [0.29, 0.717) is 18.7 Å². The van der Waals surface area contributed by atoms with Crippen molar-refractivity contribution in [3.05, 3.63) is 65.9 Å². The highest BCUT2D eigenvalue weighted by atomic mass is 16.3. The molecular formula is C20H21N3O2. The molecule has 1 fully saturated rings. The molecule has 2 N–H and O–H groups in total. The van der Waals surface area contributed by atoms with Crippen LogP contribution in [0.15, 0.2) is 54.6 Å². The van der Waals surface area contributed by atoms with E-state index < -0.39 is 6.10 Å². The van der Waals surface area contributed by atoms with Crippen LogP contribution in [0.25, 0.3) is 10.9 Å². The van der Waals surface area contributed by atoms with Crippen LogP contribution in [0.5, 0.6) is 0 Å². The number of aromatic amines is 1. The predicted octanol–water partition coefficient (Wildman–Crippen LogP) is 3.29. The maximum Gasteiger partial charge on any atom is 0.275 e. The number of para-hydroxylation sites is 1. The summed E-state index contributed by atoms with van der Waals surface area (Å²) < 4.78 is 0. The number of fused-ring (bicyclic) bond motifs is 1. The van der Waals surface area contributed by atoms with E-state index >= 15 is 0 Å². The summed E-state index contributed by atoms with van der Waals surface area (Å²) in [6, 6.07) is 17.3. The van der Waals surface area contributed by atoms with Gasteiger partial charge in [0.1, 0.15) is 0 Å². The molecule has 128 valence electrons. The predicted molar refractivity (Wildman–Crippen MR) is 96.2 cm³/mol. The zero-order valence-corrected chi connectivity index (χ0v) is 13.9. The molecule has 0 radical (unpaired) electrons. The minimum absolute atomic E-state index is 0.0400. The molecule has 0 aliphatic carbocycles. The number of likely N-dealkylation sites (tertiary alicyclic amines) is 1. The van der Waals surface area contributed by atoms with E-state index in [4.69, 9.17) is 0 Å². The summed E-state index contributed by atoms with van der Waals surface area (Å²) in [5.74, 6) is -0.0554. The number of H-pyrrole nitrogens is 1. The summed E-state index contributed by atoms with van der Waals surface area (Å²) in [5.41, 5.74) is 2.23. The molecule has 3 aromatic rings. The largest absolute Gasteiger partial charge is 0.388 e. The van der Waals surface area contributed by atoms with Crippen LogP contribution in [0.1, 0.15) is 41.4 Å². The Morgan fingerprint density at radius 2 is 1.96 bits per heavy atom. The monoisotopic (exact) mass is 335 g/mol. The van der Waals surface area contributed by atoms with Crippen LogP contribution in [0.4, 0.5) is 0 Å². The van der Waals surface area contributed by atoms with Crippen molar-refractivity contribution in [1.29, 1.82) is 0 Å². The first-order valence-corrected chi connectivity index (χ1v) is 8.71. The first kappa shape index (κ1) is 15.8. The van der Waals surface area contributed by atoms with Crippen molar-refractivity contribution in [2.45, 2.75) is 31.4 Å².